The molecular weight excluding hydrogens is 188 g/mol. The van der Waals surface area contributed by atoms with Gasteiger partial charge in [-0.3, -0.25) is 0 Å². The summed E-state index contributed by atoms with van der Waals surface area (Å²) in [6.45, 7) is 0. The monoisotopic (exact) mass is 200 g/mol. The number of halogens is 1. The number of hydrogen-bond donors (Lipinski definition) is 0. The van der Waals surface area contributed by atoms with Crippen LogP contribution in [0, 0.1) is 23.2 Å². The van der Waals surface area contributed by atoms with Crippen LogP contribution in [-0.4, -0.2) is 5.33 Å². The minimum Gasteiger partial charge on any atom is -0.0922 e. The zero-order chi connectivity index (χ0) is 6.77. The normalized spacial score (nSPS) is 62.7. The molecular formula is C9H13Br. The largest absolute Gasteiger partial charge is 0.0922 e. The van der Waals surface area contributed by atoms with E-state index in [9.17, 15) is 0 Å². The zero-order valence-electron chi connectivity index (χ0n) is 6.15. The highest BCUT2D eigenvalue weighted by Crippen LogP contribution is 2.70. The summed E-state index contributed by atoms with van der Waals surface area (Å²) in [5, 5.41) is 1.29. The minimum atomic E-state index is 0.801. The molecule has 0 saturated heterocycles. The standard InChI is InChI=1S/C9H13Br/c10-5-9-3-6-1-8(9)2-7(6)4-9/h6-8H,1-5H2. The first-order chi connectivity index (χ1) is 4.84. The van der Waals surface area contributed by atoms with E-state index in [1.54, 1.807) is 25.7 Å². The molecule has 0 nitrogen and oxygen atoms in total. The van der Waals surface area contributed by atoms with Crippen molar-refractivity contribution in [2.45, 2.75) is 25.7 Å². The summed E-state index contributed by atoms with van der Waals surface area (Å²) in [5.74, 6) is 3.44. The molecule has 56 valence electrons. The molecule has 0 aromatic rings. The van der Waals surface area contributed by atoms with E-state index in [1.165, 1.54) is 5.33 Å². The quantitative estimate of drug-likeness (QED) is 0.572. The van der Waals surface area contributed by atoms with Crippen LogP contribution in [0.15, 0.2) is 0 Å². The summed E-state index contributed by atoms with van der Waals surface area (Å²) in [6.07, 6.45) is 6.29. The van der Waals surface area contributed by atoms with Gasteiger partial charge < -0.3 is 0 Å². The van der Waals surface area contributed by atoms with Crippen LogP contribution in [0.3, 0.4) is 0 Å². The number of alkyl halides is 1. The molecule has 0 amide bonds. The van der Waals surface area contributed by atoms with Crippen molar-refractivity contribution >= 4 is 15.9 Å². The van der Waals surface area contributed by atoms with Crippen LogP contribution >= 0.6 is 15.9 Å². The molecule has 0 N–H and O–H groups in total. The van der Waals surface area contributed by atoms with Gasteiger partial charge in [0.05, 0.1) is 0 Å². The highest BCUT2D eigenvalue weighted by molar-refractivity contribution is 9.09. The molecule has 4 fully saturated rings. The molecule has 4 aliphatic carbocycles. The van der Waals surface area contributed by atoms with Gasteiger partial charge in [-0.05, 0) is 48.9 Å². The Hall–Kier alpha value is 0.480. The average molecular weight is 201 g/mol. The van der Waals surface area contributed by atoms with Crippen LogP contribution in [0.5, 0.6) is 0 Å². The fourth-order valence-electron chi connectivity index (χ4n) is 3.89. The summed E-state index contributed by atoms with van der Waals surface area (Å²) in [6, 6.07) is 0. The van der Waals surface area contributed by atoms with Crippen molar-refractivity contribution in [1.29, 1.82) is 0 Å². The van der Waals surface area contributed by atoms with Gasteiger partial charge in [-0.2, -0.15) is 0 Å². The van der Waals surface area contributed by atoms with E-state index in [2.05, 4.69) is 15.9 Å². The van der Waals surface area contributed by atoms with Gasteiger partial charge in [0.15, 0.2) is 0 Å². The minimum absolute atomic E-state index is 0.801. The van der Waals surface area contributed by atoms with Crippen molar-refractivity contribution in [1.82, 2.24) is 0 Å². The molecule has 1 heteroatoms. The summed E-state index contributed by atoms with van der Waals surface area (Å²) in [7, 11) is 0. The van der Waals surface area contributed by atoms with E-state index >= 15 is 0 Å². The Morgan fingerprint density at radius 3 is 2.00 bits per heavy atom. The predicted octanol–water partition coefficient (Wildman–Crippen LogP) is 2.82. The van der Waals surface area contributed by atoms with Gasteiger partial charge in [-0.25, -0.2) is 0 Å². The van der Waals surface area contributed by atoms with Crippen molar-refractivity contribution < 1.29 is 0 Å². The molecule has 4 bridgehead atoms. The van der Waals surface area contributed by atoms with E-state index in [1.807, 2.05) is 0 Å². The molecule has 4 aliphatic rings. The molecule has 2 unspecified atom stereocenters. The van der Waals surface area contributed by atoms with Crippen molar-refractivity contribution in [2.75, 3.05) is 5.33 Å². The molecule has 4 rings (SSSR count). The van der Waals surface area contributed by atoms with Crippen molar-refractivity contribution in [3.05, 3.63) is 0 Å². The van der Waals surface area contributed by atoms with Gasteiger partial charge in [0.1, 0.15) is 0 Å². The zero-order valence-corrected chi connectivity index (χ0v) is 7.73. The van der Waals surface area contributed by atoms with Crippen LogP contribution in [0.4, 0.5) is 0 Å². The Labute approximate surface area is 70.5 Å². The summed E-state index contributed by atoms with van der Waals surface area (Å²) >= 11 is 3.69. The topological polar surface area (TPSA) is 0 Å². The lowest BCUT2D eigenvalue weighted by molar-refractivity contribution is 0.291. The Morgan fingerprint density at radius 1 is 1.20 bits per heavy atom. The van der Waals surface area contributed by atoms with Crippen LogP contribution in [0.1, 0.15) is 25.7 Å². The van der Waals surface area contributed by atoms with E-state index in [4.69, 9.17) is 0 Å². The fraction of sp³-hybridized carbons (Fsp3) is 1.00. The first-order valence-corrected chi connectivity index (χ1v) is 5.52. The van der Waals surface area contributed by atoms with Gasteiger partial charge in [0.2, 0.25) is 0 Å². The maximum atomic E-state index is 3.69. The Bertz CT molecular complexity index is 162. The van der Waals surface area contributed by atoms with Crippen LogP contribution in [0.2, 0.25) is 0 Å². The highest BCUT2D eigenvalue weighted by atomic mass is 79.9. The van der Waals surface area contributed by atoms with Crippen molar-refractivity contribution in [2.24, 2.45) is 23.2 Å². The predicted molar refractivity (Wildman–Crippen MR) is 45.2 cm³/mol. The Balaban J connectivity index is 2.04. The van der Waals surface area contributed by atoms with Crippen molar-refractivity contribution in [3.63, 3.8) is 0 Å². The second kappa shape index (κ2) is 1.63. The van der Waals surface area contributed by atoms with Gasteiger partial charge in [-0.1, -0.05) is 15.9 Å². The highest BCUT2D eigenvalue weighted by Gasteiger charge is 2.61. The first-order valence-electron chi connectivity index (χ1n) is 4.40. The Morgan fingerprint density at radius 2 is 1.80 bits per heavy atom. The maximum absolute atomic E-state index is 3.69. The van der Waals surface area contributed by atoms with E-state index in [-0.39, 0.29) is 0 Å². The molecule has 0 radical (unpaired) electrons. The third-order valence-corrected chi connectivity index (χ3v) is 5.43. The average Bonchev–Trinajstić information content (AvgIpc) is 2.53. The summed E-state index contributed by atoms with van der Waals surface area (Å²) in [5.41, 5.74) is 0.801. The second-order valence-corrected chi connectivity index (χ2v) is 5.15. The maximum Gasteiger partial charge on any atom is 0.00908 e. The second-order valence-electron chi connectivity index (χ2n) is 4.59. The number of rotatable bonds is 1. The SMILES string of the molecule is BrCC12CC3CC1CC3C2. The third-order valence-electron chi connectivity index (χ3n) is 4.31. The lowest BCUT2D eigenvalue weighted by atomic mass is 9.83. The van der Waals surface area contributed by atoms with Gasteiger partial charge in [-0.15, -0.1) is 0 Å². The van der Waals surface area contributed by atoms with E-state index < -0.39 is 0 Å². The first kappa shape index (κ1) is 6.05. The summed E-state index contributed by atoms with van der Waals surface area (Å²) in [4.78, 5) is 0. The number of hydrogen-bond acceptors (Lipinski definition) is 0. The lowest BCUT2D eigenvalue weighted by Crippen LogP contribution is -2.20. The smallest absolute Gasteiger partial charge is 0.00908 e. The fourth-order valence-corrected chi connectivity index (χ4v) is 4.81. The van der Waals surface area contributed by atoms with Gasteiger partial charge in [0.25, 0.3) is 0 Å². The van der Waals surface area contributed by atoms with Crippen LogP contribution in [0.25, 0.3) is 0 Å². The molecule has 0 aromatic heterocycles. The molecule has 4 saturated carbocycles. The summed E-state index contributed by atoms with van der Waals surface area (Å²) < 4.78 is 0. The van der Waals surface area contributed by atoms with Gasteiger partial charge >= 0.3 is 0 Å². The molecule has 0 aliphatic heterocycles. The van der Waals surface area contributed by atoms with E-state index in [0.29, 0.717) is 0 Å². The van der Waals surface area contributed by atoms with Crippen LogP contribution in [-0.2, 0) is 0 Å². The molecule has 0 aromatic carbocycles. The Kier molecular flexibility index (Phi) is 0.983. The third kappa shape index (κ3) is 0.479. The van der Waals surface area contributed by atoms with Crippen LogP contribution < -0.4 is 0 Å². The molecule has 0 heterocycles. The van der Waals surface area contributed by atoms with Crippen molar-refractivity contribution in [3.8, 4) is 0 Å². The van der Waals surface area contributed by atoms with Gasteiger partial charge in [0, 0.05) is 5.33 Å². The molecule has 2 atom stereocenters. The van der Waals surface area contributed by atoms with E-state index in [0.717, 1.165) is 23.2 Å². The molecule has 10 heavy (non-hydrogen) atoms. The lowest BCUT2D eigenvalue weighted by Gasteiger charge is -2.25. The molecule has 0 spiro atoms.